The number of hydrogen-bond donors (Lipinski definition) is 2. The van der Waals surface area contributed by atoms with Gasteiger partial charge >= 0.3 is 0 Å². The Bertz CT molecular complexity index is 260. The van der Waals surface area contributed by atoms with Gasteiger partial charge in [-0.15, -0.1) is 0 Å². The Morgan fingerprint density at radius 3 is 2.85 bits per heavy atom. The van der Waals surface area contributed by atoms with Crippen LogP contribution in [0.3, 0.4) is 0 Å². The molecule has 0 amide bonds. The van der Waals surface area contributed by atoms with Gasteiger partial charge in [-0.1, -0.05) is 26.3 Å². The molecule has 0 radical (unpaired) electrons. The first kappa shape index (κ1) is 9.90. The molecule has 0 bridgehead atoms. The van der Waals surface area contributed by atoms with Crippen molar-refractivity contribution in [2.24, 2.45) is 5.92 Å². The zero-order valence-electron chi connectivity index (χ0n) is 8.25. The lowest BCUT2D eigenvalue weighted by Gasteiger charge is -2.11. The van der Waals surface area contributed by atoms with Gasteiger partial charge in [-0.3, -0.25) is 0 Å². The maximum atomic E-state index is 9.20. The van der Waals surface area contributed by atoms with E-state index in [4.69, 9.17) is 0 Å². The number of phenols is 1. The first-order chi connectivity index (χ1) is 6.22. The van der Waals surface area contributed by atoms with Crippen LogP contribution in [0.25, 0.3) is 0 Å². The summed E-state index contributed by atoms with van der Waals surface area (Å²) < 4.78 is 0. The molecule has 1 aromatic rings. The normalized spacial score (nSPS) is 12.5. The molecular weight excluding hydrogens is 162 g/mol. The average Bonchev–Trinajstić information content (AvgIpc) is 2.14. The molecule has 2 nitrogen and oxygen atoms in total. The third kappa shape index (κ3) is 3.36. The fourth-order valence-corrected chi connectivity index (χ4v) is 1.05. The molecule has 0 heterocycles. The monoisotopic (exact) mass is 179 g/mol. The van der Waals surface area contributed by atoms with Crippen LogP contribution in [0.4, 0.5) is 5.69 Å². The molecule has 0 saturated carbocycles. The summed E-state index contributed by atoms with van der Waals surface area (Å²) in [5, 5.41) is 12.5. The van der Waals surface area contributed by atoms with Gasteiger partial charge in [0, 0.05) is 18.3 Å². The topological polar surface area (TPSA) is 32.3 Å². The molecule has 1 atom stereocenters. The van der Waals surface area contributed by atoms with Crippen LogP contribution in [-0.4, -0.2) is 11.7 Å². The lowest BCUT2D eigenvalue weighted by atomic mass is 10.1. The number of hydrogen-bond acceptors (Lipinski definition) is 2. The predicted molar refractivity (Wildman–Crippen MR) is 56.1 cm³/mol. The molecule has 0 fully saturated rings. The van der Waals surface area contributed by atoms with E-state index in [9.17, 15) is 5.11 Å². The van der Waals surface area contributed by atoms with Crippen LogP contribution in [-0.2, 0) is 0 Å². The fraction of sp³-hybridized carbons (Fsp3) is 0.455. The summed E-state index contributed by atoms with van der Waals surface area (Å²) in [6.07, 6.45) is 1.17. The molecule has 1 aromatic carbocycles. The van der Waals surface area contributed by atoms with Gasteiger partial charge in [-0.25, -0.2) is 0 Å². The molecule has 72 valence electrons. The minimum absolute atomic E-state index is 0.314. The molecule has 0 saturated heterocycles. The van der Waals surface area contributed by atoms with Crippen LogP contribution in [0, 0.1) is 5.92 Å². The Labute approximate surface area is 79.6 Å². The van der Waals surface area contributed by atoms with E-state index in [0.29, 0.717) is 11.7 Å². The van der Waals surface area contributed by atoms with Crippen molar-refractivity contribution in [1.29, 1.82) is 0 Å². The quantitative estimate of drug-likeness (QED) is 0.745. The van der Waals surface area contributed by atoms with E-state index in [1.165, 1.54) is 6.42 Å². The zero-order valence-corrected chi connectivity index (χ0v) is 8.25. The Kier molecular flexibility index (Phi) is 3.62. The van der Waals surface area contributed by atoms with E-state index in [1.807, 2.05) is 12.1 Å². The molecule has 0 aromatic heterocycles. The largest absolute Gasteiger partial charge is 0.508 e. The third-order valence-corrected chi connectivity index (χ3v) is 2.20. The molecule has 0 aliphatic rings. The van der Waals surface area contributed by atoms with Gasteiger partial charge in [-0.05, 0) is 18.1 Å². The third-order valence-electron chi connectivity index (χ3n) is 2.20. The second-order valence-electron chi connectivity index (χ2n) is 3.44. The number of nitrogens with one attached hydrogen (secondary N) is 1. The summed E-state index contributed by atoms with van der Waals surface area (Å²) in [4.78, 5) is 0. The van der Waals surface area contributed by atoms with Gasteiger partial charge in [0.05, 0.1) is 0 Å². The minimum atomic E-state index is 0.314. The van der Waals surface area contributed by atoms with E-state index in [2.05, 4.69) is 19.2 Å². The van der Waals surface area contributed by atoms with E-state index >= 15 is 0 Å². The average molecular weight is 179 g/mol. The number of benzene rings is 1. The molecule has 13 heavy (non-hydrogen) atoms. The predicted octanol–water partition coefficient (Wildman–Crippen LogP) is 2.85. The van der Waals surface area contributed by atoms with E-state index in [-0.39, 0.29) is 0 Å². The highest BCUT2D eigenvalue weighted by atomic mass is 16.3. The van der Waals surface area contributed by atoms with Crippen LogP contribution in [0.5, 0.6) is 5.75 Å². The number of phenolic OH excluding ortho intramolecular Hbond substituents is 1. The Balaban J connectivity index is 2.45. The summed E-state index contributed by atoms with van der Waals surface area (Å²) in [5.74, 6) is 0.983. The first-order valence-electron chi connectivity index (χ1n) is 4.75. The van der Waals surface area contributed by atoms with Gasteiger partial charge in [0.15, 0.2) is 0 Å². The SMILES string of the molecule is CCC(C)CNc1cccc(O)c1. The minimum Gasteiger partial charge on any atom is -0.508 e. The summed E-state index contributed by atoms with van der Waals surface area (Å²) in [5.41, 5.74) is 0.986. The first-order valence-corrected chi connectivity index (χ1v) is 4.75. The molecule has 0 aliphatic heterocycles. The standard InChI is InChI=1S/C11H17NO/c1-3-9(2)8-12-10-5-4-6-11(13)7-10/h4-7,9,12-13H,3,8H2,1-2H3. The van der Waals surface area contributed by atoms with Crippen molar-refractivity contribution in [3.63, 3.8) is 0 Å². The van der Waals surface area contributed by atoms with Crippen molar-refractivity contribution in [2.45, 2.75) is 20.3 Å². The van der Waals surface area contributed by atoms with Crippen molar-refractivity contribution >= 4 is 5.69 Å². The van der Waals surface area contributed by atoms with E-state index in [1.54, 1.807) is 12.1 Å². The van der Waals surface area contributed by atoms with Crippen molar-refractivity contribution in [2.75, 3.05) is 11.9 Å². The molecule has 2 N–H and O–H groups in total. The molecule has 2 heteroatoms. The van der Waals surface area contributed by atoms with Crippen LogP contribution in [0.2, 0.25) is 0 Å². The van der Waals surface area contributed by atoms with Crippen molar-refractivity contribution < 1.29 is 5.11 Å². The lowest BCUT2D eigenvalue weighted by Crippen LogP contribution is -2.09. The second-order valence-corrected chi connectivity index (χ2v) is 3.44. The Morgan fingerprint density at radius 1 is 1.46 bits per heavy atom. The summed E-state index contributed by atoms with van der Waals surface area (Å²) in [7, 11) is 0. The van der Waals surface area contributed by atoms with Crippen LogP contribution in [0.15, 0.2) is 24.3 Å². The maximum absolute atomic E-state index is 9.20. The maximum Gasteiger partial charge on any atom is 0.117 e. The number of rotatable bonds is 4. The van der Waals surface area contributed by atoms with Crippen LogP contribution < -0.4 is 5.32 Å². The van der Waals surface area contributed by atoms with Crippen molar-refractivity contribution in [1.82, 2.24) is 0 Å². The van der Waals surface area contributed by atoms with E-state index < -0.39 is 0 Å². The molecule has 0 aliphatic carbocycles. The molecule has 1 unspecified atom stereocenters. The van der Waals surface area contributed by atoms with E-state index in [0.717, 1.165) is 12.2 Å². The number of aromatic hydroxyl groups is 1. The van der Waals surface area contributed by atoms with Gasteiger partial charge < -0.3 is 10.4 Å². The molecule has 0 spiro atoms. The van der Waals surface area contributed by atoms with Crippen molar-refractivity contribution in [3.05, 3.63) is 24.3 Å². The summed E-state index contributed by atoms with van der Waals surface area (Å²) in [6, 6.07) is 7.22. The zero-order chi connectivity index (χ0) is 9.68. The van der Waals surface area contributed by atoms with Gasteiger partial charge in [0.1, 0.15) is 5.75 Å². The number of anilines is 1. The summed E-state index contributed by atoms with van der Waals surface area (Å²) >= 11 is 0. The highest BCUT2D eigenvalue weighted by Crippen LogP contribution is 2.15. The van der Waals surface area contributed by atoms with Gasteiger partial charge in [-0.2, -0.15) is 0 Å². The van der Waals surface area contributed by atoms with Gasteiger partial charge in [0.25, 0.3) is 0 Å². The summed E-state index contributed by atoms with van der Waals surface area (Å²) in [6.45, 7) is 5.34. The van der Waals surface area contributed by atoms with Crippen LogP contribution >= 0.6 is 0 Å². The lowest BCUT2D eigenvalue weighted by molar-refractivity contribution is 0.475. The smallest absolute Gasteiger partial charge is 0.117 e. The Hall–Kier alpha value is -1.18. The second kappa shape index (κ2) is 4.75. The van der Waals surface area contributed by atoms with Crippen LogP contribution in [0.1, 0.15) is 20.3 Å². The van der Waals surface area contributed by atoms with Gasteiger partial charge in [0.2, 0.25) is 0 Å². The Morgan fingerprint density at radius 2 is 2.23 bits per heavy atom. The molecule has 1 rings (SSSR count). The fourth-order valence-electron chi connectivity index (χ4n) is 1.05. The molecular formula is C11H17NO. The highest BCUT2D eigenvalue weighted by Gasteiger charge is 1.98. The highest BCUT2D eigenvalue weighted by molar-refractivity contribution is 5.47. The van der Waals surface area contributed by atoms with Crippen molar-refractivity contribution in [3.8, 4) is 5.75 Å².